The number of hydrogen-bond acceptors (Lipinski definition) is 21. The van der Waals surface area contributed by atoms with Gasteiger partial charge in [0.2, 0.25) is 5.13 Å². The molecule has 71 heavy (non-hydrogen) atoms. The number of esters is 1. The van der Waals surface area contributed by atoms with Crippen molar-refractivity contribution in [2.75, 3.05) is 60.5 Å². The van der Waals surface area contributed by atoms with Crippen molar-refractivity contribution in [2.24, 2.45) is 28.8 Å². The highest BCUT2D eigenvalue weighted by molar-refractivity contribution is 7.18. The zero-order valence-electron chi connectivity index (χ0n) is 42.5. The van der Waals surface area contributed by atoms with Crippen molar-refractivity contribution in [3.63, 3.8) is 0 Å². The number of hydrogen-bond donors (Lipinski definition) is 4. The Kier molecular flexibility index (Phi) is 21.4. The number of pyridine rings is 1. The number of nitrogen functional groups attached to an aromatic ring is 1. The van der Waals surface area contributed by atoms with Crippen LogP contribution in [-0.4, -0.2) is 181 Å². The van der Waals surface area contributed by atoms with E-state index in [-0.39, 0.29) is 51.2 Å². The summed E-state index contributed by atoms with van der Waals surface area (Å²) in [5.74, 6) is -2.50. The van der Waals surface area contributed by atoms with Crippen LogP contribution in [0.2, 0.25) is 0 Å². The van der Waals surface area contributed by atoms with Crippen LogP contribution in [0.1, 0.15) is 78.7 Å². The summed E-state index contributed by atoms with van der Waals surface area (Å²) in [4.78, 5) is 40.6. The van der Waals surface area contributed by atoms with Crippen molar-refractivity contribution in [2.45, 2.75) is 153 Å². The lowest BCUT2D eigenvalue weighted by molar-refractivity contribution is -0.305. The van der Waals surface area contributed by atoms with E-state index in [0.717, 1.165) is 11.1 Å². The second kappa shape index (κ2) is 26.9. The maximum atomic E-state index is 14.5. The predicted octanol–water partition coefficient (Wildman–Crippen LogP) is 3.90. The summed E-state index contributed by atoms with van der Waals surface area (Å²) in [7, 11) is 6.64. The minimum absolute atomic E-state index is 0.0422. The van der Waals surface area contributed by atoms with Crippen LogP contribution in [0.25, 0.3) is 10.7 Å². The van der Waals surface area contributed by atoms with Crippen LogP contribution in [0.5, 0.6) is 0 Å². The number of nitrogens with two attached hydrogens (primary N) is 1. The molecule has 0 aromatic carbocycles. The summed E-state index contributed by atoms with van der Waals surface area (Å²) in [5, 5.41) is 46.8. The fourth-order valence-corrected chi connectivity index (χ4v) is 10.6. The number of anilines is 1. The number of fused-ring (bicyclic) bond motifs is 3. The van der Waals surface area contributed by atoms with Crippen molar-refractivity contribution in [1.82, 2.24) is 20.1 Å². The predicted molar refractivity (Wildman–Crippen MR) is 263 cm³/mol. The van der Waals surface area contributed by atoms with Gasteiger partial charge in [-0.05, 0) is 78.1 Å². The number of cyclic esters (lactones) is 1. The van der Waals surface area contributed by atoms with E-state index in [0.29, 0.717) is 53.6 Å². The van der Waals surface area contributed by atoms with Gasteiger partial charge in [-0.2, -0.15) is 0 Å². The number of aromatic nitrogens is 3. The van der Waals surface area contributed by atoms with Gasteiger partial charge in [-0.15, -0.1) is 10.2 Å². The van der Waals surface area contributed by atoms with Gasteiger partial charge in [0.1, 0.15) is 42.4 Å². The summed E-state index contributed by atoms with van der Waals surface area (Å²) in [6.07, 6.45) is 0.355. The molecule has 21 heteroatoms. The van der Waals surface area contributed by atoms with Gasteiger partial charge in [0, 0.05) is 50.3 Å². The van der Waals surface area contributed by atoms with E-state index in [1.54, 1.807) is 57.4 Å². The number of ketones is 1. The molecule has 1 unspecified atom stereocenters. The number of methoxy groups -OCH3 is 2. The highest BCUT2D eigenvalue weighted by atomic mass is 32.1. The molecule has 0 radical (unpaired) electrons. The Labute approximate surface area is 421 Å². The van der Waals surface area contributed by atoms with Crippen LogP contribution in [0.3, 0.4) is 0 Å². The number of carbonyl (C=O) groups is 2. The van der Waals surface area contributed by atoms with E-state index >= 15 is 0 Å². The zero-order valence-corrected chi connectivity index (χ0v) is 43.4. The number of allylic oxidation sites excluding steroid dienone is 3. The van der Waals surface area contributed by atoms with E-state index < -0.39 is 97.1 Å². The van der Waals surface area contributed by atoms with Gasteiger partial charge in [0.25, 0.3) is 0 Å². The summed E-state index contributed by atoms with van der Waals surface area (Å²) in [5.41, 5.74) is 8.33. The van der Waals surface area contributed by atoms with Gasteiger partial charge >= 0.3 is 5.97 Å². The Morgan fingerprint density at radius 1 is 0.972 bits per heavy atom. The first-order valence-electron chi connectivity index (χ1n) is 24.7. The Bertz CT molecular complexity index is 2090. The number of likely N-dealkylation sites (N-methyl/N-ethyl adjacent to an activating group) is 1. The smallest absolute Gasteiger partial charge is 0.308 e. The molecular weight excluding hydrogens is 941 g/mol. The summed E-state index contributed by atoms with van der Waals surface area (Å²) >= 11 is 1.24. The molecule has 16 atom stereocenters. The molecule has 2 bridgehead atoms. The molecule has 396 valence electrons. The standard InChI is InChI=1S/C50H76N6O14S/c1-10-38-33(24-65-39-16-15-37(58)46(62-8)47(39)63-9)19-27(2)11-14-36(57)28(3)20-32-17-18-64-25-34(55-67-23-31-12-13-35(52-22-31)48-53-54-50(51)71-48)26-66-40(21-41(59)69-38)29(4)45(32)70-49-44(61)42(56(6)7)43(60)30(5)68-49/h11-14,19,22,28-30,32-33,37-40,42-47,49,58,60-61H,10,15-18,20-21,23-26H2,1-9H3,(H2,51,54)/b14-11+,27-19+,55-34+/t28-,29+,30-,32?,33-,37-,38-,39-,40-,42+,43-,44-,45-,46-,47+,49+/m1/s1. The Morgan fingerprint density at radius 3 is 2.42 bits per heavy atom. The minimum Gasteiger partial charge on any atom is -0.462 e. The molecule has 3 fully saturated rings. The third-order valence-corrected chi connectivity index (χ3v) is 14.8. The Hall–Kier alpha value is -3.84. The van der Waals surface area contributed by atoms with Crippen LogP contribution < -0.4 is 5.73 Å². The molecule has 6 rings (SSSR count). The van der Waals surface area contributed by atoms with Crippen LogP contribution in [0.4, 0.5) is 5.13 Å². The Morgan fingerprint density at radius 2 is 1.75 bits per heavy atom. The molecule has 2 saturated heterocycles. The minimum atomic E-state index is -1.26. The van der Waals surface area contributed by atoms with E-state index in [1.807, 2.05) is 39.8 Å². The van der Waals surface area contributed by atoms with E-state index in [4.69, 9.17) is 48.5 Å². The lowest BCUT2D eigenvalue weighted by Gasteiger charge is -2.47. The molecule has 4 aliphatic rings. The fraction of sp³-hybridized carbons (Fsp3) is 0.720. The molecule has 1 saturated carbocycles. The topological polar surface area (TPSA) is 258 Å². The highest BCUT2D eigenvalue weighted by Gasteiger charge is 2.48. The molecule has 0 amide bonds. The molecule has 5 heterocycles. The average Bonchev–Trinajstić information content (AvgIpc) is 3.78. The van der Waals surface area contributed by atoms with Gasteiger partial charge in [-0.1, -0.05) is 61.1 Å². The molecule has 5 N–H and O–H groups in total. The van der Waals surface area contributed by atoms with E-state index in [1.165, 1.54) is 18.4 Å². The number of ether oxygens (including phenoxy) is 8. The van der Waals surface area contributed by atoms with Gasteiger partial charge in [-0.25, -0.2) is 0 Å². The monoisotopic (exact) mass is 1020 g/mol. The number of rotatable bonds is 13. The number of aliphatic hydroxyl groups is 3. The van der Waals surface area contributed by atoms with Crippen molar-refractivity contribution >= 4 is 33.9 Å². The van der Waals surface area contributed by atoms with Gasteiger partial charge < -0.3 is 68.7 Å². The lowest BCUT2D eigenvalue weighted by atomic mass is 9.79. The third-order valence-electron chi connectivity index (χ3n) is 14.1. The molecular formula is C50H76N6O14S. The number of nitrogens with zero attached hydrogens (tertiary/aromatic N) is 5. The largest absolute Gasteiger partial charge is 0.462 e. The molecule has 0 spiro atoms. The summed E-state index contributed by atoms with van der Waals surface area (Å²) in [6, 6.07) is 2.93. The highest BCUT2D eigenvalue weighted by Crippen LogP contribution is 2.36. The van der Waals surface area contributed by atoms with E-state index in [9.17, 15) is 24.9 Å². The number of oxime groups is 1. The number of carbonyl (C=O) groups excluding carboxylic acids is 2. The molecule has 20 nitrogen and oxygen atoms in total. The van der Waals surface area contributed by atoms with Crippen molar-refractivity contribution in [3.8, 4) is 10.7 Å². The molecule has 1 aliphatic carbocycles. The normalized spacial score (nSPS) is 37.0. The zero-order chi connectivity index (χ0) is 51.4. The summed E-state index contributed by atoms with van der Waals surface area (Å²) < 4.78 is 50.4. The first-order chi connectivity index (χ1) is 34.0. The quantitative estimate of drug-likeness (QED) is 0.164. The fourth-order valence-electron chi connectivity index (χ4n) is 10.0. The van der Waals surface area contributed by atoms with Crippen molar-refractivity contribution < 1.29 is 67.6 Å². The second-order valence-electron chi connectivity index (χ2n) is 19.5. The van der Waals surface area contributed by atoms with Crippen molar-refractivity contribution in [1.29, 1.82) is 0 Å². The average molecular weight is 1020 g/mol. The molecule has 3 aliphatic heterocycles. The number of aliphatic hydroxyl groups excluding tert-OH is 3. The van der Waals surface area contributed by atoms with E-state index in [2.05, 4.69) is 20.3 Å². The molecule has 2 aromatic rings. The van der Waals surface area contributed by atoms with Crippen molar-refractivity contribution in [3.05, 3.63) is 47.7 Å². The van der Waals surface area contributed by atoms with Crippen LogP contribution >= 0.6 is 11.3 Å². The second-order valence-corrected chi connectivity index (χ2v) is 20.5. The first kappa shape index (κ1) is 56.5. The summed E-state index contributed by atoms with van der Waals surface area (Å²) in [6.45, 7) is 9.78. The maximum Gasteiger partial charge on any atom is 0.308 e. The third kappa shape index (κ3) is 15.1. The van der Waals surface area contributed by atoms with Gasteiger partial charge in [0.05, 0.1) is 68.9 Å². The lowest BCUT2D eigenvalue weighted by Crippen LogP contribution is -2.63. The van der Waals surface area contributed by atoms with Gasteiger partial charge in [0.15, 0.2) is 17.1 Å². The first-order valence-corrected chi connectivity index (χ1v) is 25.5. The van der Waals surface area contributed by atoms with Gasteiger partial charge in [-0.3, -0.25) is 14.6 Å². The van der Waals surface area contributed by atoms with Crippen LogP contribution in [0, 0.1) is 23.7 Å². The SMILES string of the molecule is CC[C@H]1OC(=O)C[C@H]2OC/C(=N/OCc3ccc(-c4nnc(N)s4)nc3)COCCC(C[C@@H](C)C(=O)/C=C/C(C)=C/[C@@H]1CO[C@@H]1CC[C@@H](O)[C@@H](OC)[C@H]1OC)[C@H](O[C@@H]1O[C@H](C)[C@@H](O)[C@H](N(C)C)[C@H]1O)[C@H]2C. The maximum absolute atomic E-state index is 14.5. The van der Waals surface area contributed by atoms with Crippen LogP contribution in [0.15, 0.2) is 47.3 Å². The Balaban J connectivity index is 1.31. The van der Waals surface area contributed by atoms with Crippen LogP contribution in [-0.2, 0) is 58.9 Å². The molecule has 2 aromatic heterocycles.